The van der Waals surface area contributed by atoms with E-state index in [1.165, 1.54) is 96.7 Å². The summed E-state index contributed by atoms with van der Waals surface area (Å²) in [5, 5.41) is 6.85. The zero-order valence-corrected chi connectivity index (χ0v) is 18.9. The van der Waals surface area contributed by atoms with Gasteiger partial charge in [-0.3, -0.25) is 4.90 Å². The second-order valence-corrected chi connectivity index (χ2v) is 8.41. The van der Waals surface area contributed by atoms with Crippen molar-refractivity contribution in [3.8, 4) is 0 Å². The maximum Gasteiger partial charge on any atom is 0.0810 e. The number of rotatable bonds is 17. The van der Waals surface area contributed by atoms with Crippen molar-refractivity contribution in [2.45, 2.75) is 90.1 Å². The van der Waals surface area contributed by atoms with Crippen molar-refractivity contribution in [1.29, 1.82) is 0 Å². The fourth-order valence-corrected chi connectivity index (χ4v) is 3.61. The van der Waals surface area contributed by atoms with Crippen LogP contribution in [0.1, 0.15) is 84.0 Å². The van der Waals surface area contributed by atoms with Crippen LogP contribution in [0.3, 0.4) is 0 Å². The third-order valence-electron chi connectivity index (χ3n) is 5.65. The minimum absolute atomic E-state index is 0.653. The smallest absolute Gasteiger partial charge is 0.0810 e. The van der Waals surface area contributed by atoms with Crippen LogP contribution >= 0.6 is 0 Å². The van der Waals surface area contributed by atoms with Crippen molar-refractivity contribution < 1.29 is 4.74 Å². The molecule has 0 radical (unpaired) electrons. The molecule has 5 nitrogen and oxygen atoms in total. The standard InChI is InChI=1S/C12H24O.C11H26N4/c1-2-3-4-5-6-7-8-9-10-12-11-13-12;12-4-2-1-3-5-13-6-9-15-10-7-14-8-11-15/h12H,2-11H2,1H3;13-14H,1-12H2. The van der Waals surface area contributed by atoms with Crippen molar-refractivity contribution in [3.63, 3.8) is 0 Å². The Morgan fingerprint density at radius 3 is 2.18 bits per heavy atom. The highest BCUT2D eigenvalue weighted by Gasteiger charge is 2.20. The van der Waals surface area contributed by atoms with Crippen LogP contribution in [0, 0.1) is 0 Å². The molecule has 28 heavy (non-hydrogen) atoms. The van der Waals surface area contributed by atoms with Crippen molar-refractivity contribution >= 4 is 0 Å². The van der Waals surface area contributed by atoms with Gasteiger partial charge in [-0.05, 0) is 32.4 Å². The molecule has 2 saturated heterocycles. The third-order valence-corrected chi connectivity index (χ3v) is 5.65. The van der Waals surface area contributed by atoms with Gasteiger partial charge in [0.15, 0.2) is 0 Å². The predicted octanol–water partition coefficient (Wildman–Crippen LogP) is 3.53. The van der Waals surface area contributed by atoms with E-state index in [-0.39, 0.29) is 0 Å². The van der Waals surface area contributed by atoms with E-state index in [1.807, 2.05) is 0 Å². The van der Waals surface area contributed by atoms with E-state index in [9.17, 15) is 0 Å². The largest absolute Gasteiger partial charge is 0.373 e. The Bertz CT molecular complexity index is 307. The Hall–Kier alpha value is -0.200. The molecular weight excluding hydrogens is 348 g/mol. The van der Waals surface area contributed by atoms with Crippen molar-refractivity contribution in [3.05, 3.63) is 0 Å². The van der Waals surface area contributed by atoms with Crippen molar-refractivity contribution in [2.24, 2.45) is 5.73 Å². The molecule has 2 fully saturated rings. The van der Waals surface area contributed by atoms with Gasteiger partial charge in [-0.15, -0.1) is 0 Å². The summed E-state index contributed by atoms with van der Waals surface area (Å²) in [6.45, 7) is 12.3. The normalized spacial score (nSPS) is 19.3. The molecule has 1 atom stereocenters. The average Bonchev–Trinajstić information content (AvgIpc) is 3.55. The first-order valence-electron chi connectivity index (χ1n) is 12.3. The number of piperazine rings is 1. The fraction of sp³-hybridized carbons (Fsp3) is 1.00. The van der Waals surface area contributed by atoms with Gasteiger partial charge in [0.2, 0.25) is 0 Å². The molecule has 0 saturated carbocycles. The summed E-state index contributed by atoms with van der Waals surface area (Å²) in [6.07, 6.45) is 17.0. The Labute approximate surface area is 175 Å². The van der Waals surface area contributed by atoms with Gasteiger partial charge in [-0.1, -0.05) is 64.7 Å². The number of epoxide rings is 1. The Balaban J connectivity index is 0.000000283. The molecule has 0 bridgehead atoms. The maximum atomic E-state index is 5.43. The molecule has 2 aliphatic heterocycles. The third kappa shape index (κ3) is 17.9. The first-order valence-corrected chi connectivity index (χ1v) is 12.3. The molecule has 0 aromatic carbocycles. The zero-order chi connectivity index (χ0) is 20.1. The summed E-state index contributed by atoms with van der Waals surface area (Å²) < 4.78 is 5.17. The predicted molar refractivity (Wildman–Crippen MR) is 122 cm³/mol. The molecule has 2 aliphatic rings. The monoisotopic (exact) mass is 398 g/mol. The molecular formula is C23H50N4O. The molecule has 0 aromatic heterocycles. The Morgan fingerprint density at radius 1 is 0.893 bits per heavy atom. The number of nitrogens with two attached hydrogens (primary N) is 1. The minimum atomic E-state index is 0.653. The first kappa shape index (κ1) is 25.8. The number of nitrogens with zero attached hydrogens (tertiary/aromatic N) is 1. The average molecular weight is 399 g/mol. The van der Waals surface area contributed by atoms with E-state index < -0.39 is 0 Å². The summed E-state index contributed by atoms with van der Waals surface area (Å²) >= 11 is 0. The lowest BCUT2D eigenvalue weighted by molar-refractivity contribution is 0.241. The van der Waals surface area contributed by atoms with E-state index in [4.69, 9.17) is 10.5 Å². The summed E-state index contributed by atoms with van der Waals surface area (Å²) in [5.74, 6) is 0. The summed E-state index contributed by atoms with van der Waals surface area (Å²) in [4.78, 5) is 2.52. The second kappa shape index (κ2) is 20.1. The van der Waals surface area contributed by atoms with Crippen molar-refractivity contribution in [2.75, 3.05) is 59.0 Å². The van der Waals surface area contributed by atoms with Gasteiger partial charge in [0.05, 0.1) is 12.7 Å². The highest BCUT2D eigenvalue weighted by Crippen LogP contribution is 2.18. The van der Waals surface area contributed by atoms with Crippen LogP contribution in [-0.2, 0) is 4.74 Å². The summed E-state index contributed by atoms with van der Waals surface area (Å²) in [7, 11) is 0. The topological polar surface area (TPSA) is 65.8 Å². The Kier molecular flexibility index (Phi) is 18.5. The number of hydrogen-bond acceptors (Lipinski definition) is 5. The van der Waals surface area contributed by atoms with Gasteiger partial charge < -0.3 is 21.1 Å². The Morgan fingerprint density at radius 2 is 1.54 bits per heavy atom. The lowest BCUT2D eigenvalue weighted by Crippen LogP contribution is -2.45. The van der Waals surface area contributed by atoms with Gasteiger partial charge in [-0.25, -0.2) is 0 Å². The van der Waals surface area contributed by atoms with Crippen LogP contribution in [0.25, 0.3) is 0 Å². The van der Waals surface area contributed by atoms with E-state index in [1.54, 1.807) is 0 Å². The van der Waals surface area contributed by atoms with E-state index in [0.29, 0.717) is 6.10 Å². The second-order valence-electron chi connectivity index (χ2n) is 8.41. The van der Waals surface area contributed by atoms with E-state index >= 15 is 0 Å². The molecule has 2 rings (SSSR count). The zero-order valence-electron chi connectivity index (χ0n) is 18.9. The lowest BCUT2D eigenvalue weighted by atomic mass is 10.1. The van der Waals surface area contributed by atoms with Crippen LogP contribution in [-0.4, -0.2) is 70.0 Å². The van der Waals surface area contributed by atoms with Crippen LogP contribution in [0.5, 0.6) is 0 Å². The van der Waals surface area contributed by atoms with Crippen LogP contribution in [0.4, 0.5) is 0 Å². The molecule has 2 heterocycles. The molecule has 0 spiro atoms. The van der Waals surface area contributed by atoms with Crippen molar-refractivity contribution in [1.82, 2.24) is 15.5 Å². The van der Waals surface area contributed by atoms with Crippen LogP contribution < -0.4 is 16.4 Å². The SMILES string of the molecule is CCCCCCCCCCC1CO1.NCCCCCNCCN1CCNCC1. The number of unbranched alkanes of at least 4 members (excludes halogenated alkanes) is 9. The molecule has 0 amide bonds. The molecule has 168 valence electrons. The number of nitrogens with one attached hydrogen (secondary N) is 2. The van der Waals surface area contributed by atoms with Crippen LogP contribution in [0.2, 0.25) is 0 Å². The van der Waals surface area contributed by atoms with Gasteiger partial charge in [-0.2, -0.15) is 0 Å². The van der Waals surface area contributed by atoms with E-state index in [0.717, 1.165) is 39.3 Å². The molecule has 0 aliphatic carbocycles. The highest BCUT2D eigenvalue weighted by molar-refractivity contribution is 4.68. The highest BCUT2D eigenvalue weighted by atomic mass is 16.6. The van der Waals surface area contributed by atoms with Crippen LogP contribution in [0.15, 0.2) is 0 Å². The quantitative estimate of drug-likeness (QED) is 0.258. The summed E-state index contributed by atoms with van der Waals surface area (Å²) in [6, 6.07) is 0. The summed E-state index contributed by atoms with van der Waals surface area (Å²) in [5.41, 5.74) is 5.43. The first-order chi connectivity index (χ1) is 13.9. The molecule has 5 heteroatoms. The number of hydrogen-bond donors (Lipinski definition) is 3. The van der Waals surface area contributed by atoms with E-state index in [2.05, 4.69) is 22.5 Å². The molecule has 4 N–H and O–H groups in total. The minimum Gasteiger partial charge on any atom is -0.373 e. The fourth-order valence-electron chi connectivity index (χ4n) is 3.61. The van der Waals surface area contributed by atoms with Gasteiger partial charge in [0.1, 0.15) is 0 Å². The van der Waals surface area contributed by atoms with Gasteiger partial charge in [0.25, 0.3) is 0 Å². The number of ether oxygens (including phenoxy) is 1. The maximum absolute atomic E-state index is 5.43. The lowest BCUT2D eigenvalue weighted by Gasteiger charge is -2.27. The van der Waals surface area contributed by atoms with Gasteiger partial charge in [0, 0.05) is 39.3 Å². The van der Waals surface area contributed by atoms with Gasteiger partial charge >= 0.3 is 0 Å². The molecule has 1 unspecified atom stereocenters. The molecule has 0 aromatic rings.